The van der Waals surface area contributed by atoms with Gasteiger partial charge in [0.1, 0.15) is 0 Å². The quantitative estimate of drug-likeness (QED) is 0.648. The molecule has 1 unspecified atom stereocenters. The van der Waals surface area contributed by atoms with Gasteiger partial charge in [-0.15, -0.1) is 0 Å². The van der Waals surface area contributed by atoms with Gasteiger partial charge < -0.3 is 4.79 Å². The maximum atomic E-state index is 12.6. The Morgan fingerprint density at radius 2 is 1.12 bits per heavy atom. The summed E-state index contributed by atoms with van der Waals surface area (Å²) in [4.78, 5) is 17.3. The van der Waals surface area contributed by atoms with E-state index in [9.17, 15) is 4.79 Å². The van der Waals surface area contributed by atoms with Gasteiger partial charge in [0.25, 0.3) is 0 Å². The number of hydrogen-bond donors (Lipinski definition) is 0. The average Bonchev–Trinajstić information content (AvgIpc) is 3.11. The zero-order chi connectivity index (χ0) is 17.2. The molecule has 0 N–H and O–H groups in total. The maximum Gasteiger partial charge on any atom is 0.154 e. The molecule has 1 atom stereocenters. The van der Waals surface area contributed by atoms with Crippen LogP contribution in [0.4, 0.5) is 0 Å². The molecule has 0 fully saturated rings. The largest absolute Gasteiger partial charge is 0.300 e. The Morgan fingerprint density at radius 1 is 0.680 bits per heavy atom. The summed E-state index contributed by atoms with van der Waals surface area (Å²) in [6.45, 7) is 0. The van der Waals surface area contributed by atoms with Crippen molar-refractivity contribution in [2.45, 2.75) is 17.4 Å². The van der Waals surface area contributed by atoms with Crippen molar-refractivity contribution in [1.29, 1.82) is 0 Å². The van der Waals surface area contributed by atoms with Crippen LogP contribution in [0.25, 0.3) is 0 Å². The summed E-state index contributed by atoms with van der Waals surface area (Å²) in [7, 11) is 0. The highest BCUT2D eigenvalue weighted by Gasteiger charge is 2.57. The fraction of sp³-hybridized carbons (Fsp3) is 0.130. The van der Waals surface area contributed by atoms with Crippen LogP contribution in [0.15, 0.2) is 96.0 Å². The molecular weight excluding hydrogens is 306 g/mol. The normalized spacial score (nSPS) is 21.1. The van der Waals surface area contributed by atoms with Crippen LogP contribution in [-0.4, -0.2) is 12.5 Å². The molecule has 0 amide bonds. The zero-order valence-electron chi connectivity index (χ0n) is 13.9. The second-order valence-electron chi connectivity index (χ2n) is 6.40. The topological polar surface area (TPSA) is 29.4 Å². The summed E-state index contributed by atoms with van der Waals surface area (Å²) in [5.41, 5.74) is 1.63. The molecular formula is C23H19NO. The first kappa shape index (κ1) is 15.5. The molecule has 3 aromatic carbocycles. The van der Waals surface area contributed by atoms with Crippen molar-refractivity contribution < 1.29 is 4.79 Å². The molecule has 0 aromatic heterocycles. The number of aliphatic imine (C=N–C) groups is 1. The van der Waals surface area contributed by atoms with E-state index in [1.54, 1.807) is 0 Å². The molecule has 1 aliphatic rings. The van der Waals surface area contributed by atoms with Crippen LogP contribution in [0.5, 0.6) is 0 Å². The highest BCUT2D eigenvalue weighted by atomic mass is 16.1. The lowest BCUT2D eigenvalue weighted by molar-refractivity contribution is -0.113. The van der Waals surface area contributed by atoms with E-state index in [2.05, 4.69) is 24.3 Å². The fourth-order valence-electron chi connectivity index (χ4n) is 4.09. The van der Waals surface area contributed by atoms with E-state index in [0.29, 0.717) is 6.42 Å². The van der Waals surface area contributed by atoms with Gasteiger partial charge in [0.15, 0.2) is 11.8 Å². The van der Waals surface area contributed by atoms with Crippen LogP contribution in [0.1, 0.15) is 23.1 Å². The molecule has 0 aliphatic carbocycles. The molecule has 0 radical (unpaired) electrons. The van der Waals surface area contributed by atoms with Crippen molar-refractivity contribution in [2.75, 3.05) is 0 Å². The van der Waals surface area contributed by atoms with Crippen molar-refractivity contribution in [2.24, 2.45) is 4.99 Å². The monoisotopic (exact) mass is 325 g/mol. The number of aldehydes is 1. The van der Waals surface area contributed by atoms with Crippen LogP contribution in [0.2, 0.25) is 0 Å². The van der Waals surface area contributed by atoms with Crippen LogP contribution >= 0.6 is 0 Å². The summed E-state index contributed by atoms with van der Waals surface area (Å²) in [6, 6.07) is 30.4. The summed E-state index contributed by atoms with van der Waals surface area (Å²) in [5, 5.41) is 0. The van der Waals surface area contributed by atoms with E-state index in [4.69, 9.17) is 4.99 Å². The standard InChI is InChI=1S/C23H19NO/c25-18-23(21-14-8-3-9-15-21)22(16-17-24-23,19-10-4-1-5-11-19)20-12-6-2-7-13-20/h1-15,17-18H,16H2. The number of carbonyl (C=O) groups is 1. The third-order valence-electron chi connectivity index (χ3n) is 5.26. The molecule has 2 heteroatoms. The number of hydrogen-bond acceptors (Lipinski definition) is 2. The summed E-state index contributed by atoms with van der Waals surface area (Å²) in [6.07, 6.45) is 3.61. The van der Waals surface area contributed by atoms with Gasteiger partial charge in [-0.25, -0.2) is 0 Å². The average molecular weight is 325 g/mol. The van der Waals surface area contributed by atoms with Crippen molar-refractivity contribution in [3.8, 4) is 0 Å². The second-order valence-corrected chi connectivity index (χ2v) is 6.40. The molecule has 25 heavy (non-hydrogen) atoms. The van der Waals surface area contributed by atoms with E-state index in [1.807, 2.05) is 72.9 Å². The van der Waals surface area contributed by atoms with Crippen LogP contribution in [0, 0.1) is 0 Å². The van der Waals surface area contributed by atoms with E-state index in [0.717, 1.165) is 23.0 Å². The van der Waals surface area contributed by atoms with Gasteiger partial charge in [-0.05, 0) is 23.1 Å². The smallest absolute Gasteiger partial charge is 0.154 e. The first-order chi connectivity index (χ1) is 12.3. The Labute approximate surface area is 147 Å². The van der Waals surface area contributed by atoms with Gasteiger partial charge in [-0.2, -0.15) is 0 Å². The van der Waals surface area contributed by atoms with E-state index in [-0.39, 0.29) is 0 Å². The number of benzene rings is 3. The molecule has 2 nitrogen and oxygen atoms in total. The fourth-order valence-corrected chi connectivity index (χ4v) is 4.09. The zero-order valence-corrected chi connectivity index (χ0v) is 13.9. The summed E-state index contributed by atoms with van der Waals surface area (Å²) in [5.74, 6) is 0. The predicted molar refractivity (Wildman–Crippen MR) is 101 cm³/mol. The summed E-state index contributed by atoms with van der Waals surface area (Å²) >= 11 is 0. The SMILES string of the molecule is O=CC1(c2ccccc2)N=CCC1(c1ccccc1)c1ccccc1. The van der Waals surface area contributed by atoms with Gasteiger partial charge >= 0.3 is 0 Å². The second kappa shape index (κ2) is 6.14. The minimum Gasteiger partial charge on any atom is -0.300 e. The number of rotatable bonds is 4. The molecule has 0 saturated carbocycles. The summed E-state index contributed by atoms with van der Waals surface area (Å²) < 4.78 is 0. The molecule has 4 rings (SSSR count). The first-order valence-electron chi connectivity index (χ1n) is 8.50. The predicted octanol–water partition coefficient (Wildman–Crippen LogP) is 4.54. The van der Waals surface area contributed by atoms with Crippen molar-refractivity contribution in [3.05, 3.63) is 108 Å². The van der Waals surface area contributed by atoms with Gasteiger partial charge in [0, 0.05) is 6.21 Å². The molecule has 0 saturated heterocycles. The van der Waals surface area contributed by atoms with Gasteiger partial charge in [-0.3, -0.25) is 4.99 Å². The first-order valence-corrected chi connectivity index (χ1v) is 8.50. The van der Waals surface area contributed by atoms with Crippen molar-refractivity contribution >= 4 is 12.5 Å². The Balaban J connectivity index is 2.06. The lowest BCUT2D eigenvalue weighted by Crippen LogP contribution is -2.47. The Hall–Kier alpha value is -3.00. The minimum atomic E-state index is -0.961. The van der Waals surface area contributed by atoms with Gasteiger partial charge in [-0.1, -0.05) is 91.0 Å². The molecule has 0 bridgehead atoms. The van der Waals surface area contributed by atoms with Crippen LogP contribution < -0.4 is 0 Å². The third kappa shape index (κ3) is 2.18. The van der Waals surface area contributed by atoms with Gasteiger partial charge in [0.05, 0.1) is 5.41 Å². The van der Waals surface area contributed by atoms with Gasteiger partial charge in [0.2, 0.25) is 0 Å². The Bertz CT molecular complexity index is 848. The molecule has 3 aromatic rings. The Morgan fingerprint density at radius 3 is 1.56 bits per heavy atom. The van der Waals surface area contributed by atoms with E-state index in [1.165, 1.54) is 0 Å². The highest BCUT2D eigenvalue weighted by Crippen LogP contribution is 2.53. The lowest BCUT2D eigenvalue weighted by Gasteiger charge is -2.42. The minimum absolute atomic E-state index is 0.543. The van der Waals surface area contributed by atoms with Crippen LogP contribution in [-0.2, 0) is 15.7 Å². The lowest BCUT2D eigenvalue weighted by atomic mass is 9.59. The molecule has 1 aliphatic heterocycles. The van der Waals surface area contributed by atoms with E-state index >= 15 is 0 Å². The number of carbonyl (C=O) groups excluding carboxylic acids is 1. The molecule has 0 spiro atoms. The molecule has 122 valence electrons. The third-order valence-corrected chi connectivity index (χ3v) is 5.26. The number of nitrogens with zero attached hydrogens (tertiary/aromatic N) is 1. The van der Waals surface area contributed by atoms with Crippen LogP contribution in [0.3, 0.4) is 0 Å². The highest BCUT2D eigenvalue weighted by molar-refractivity contribution is 5.84. The maximum absolute atomic E-state index is 12.6. The van der Waals surface area contributed by atoms with E-state index < -0.39 is 11.0 Å². The molecule has 1 heterocycles. The van der Waals surface area contributed by atoms with Crippen molar-refractivity contribution in [3.63, 3.8) is 0 Å². The van der Waals surface area contributed by atoms with Crippen molar-refractivity contribution in [1.82, 2.24) is 0 Å². The Kier molecular flexibility index (Phi) is 3.81.